The molecule has 1 atom stereocenters. The molecule has 1 aromatic heterocycles. The van der Waals surface area contributed by atoms with Crippen molar-refractivity contribution in [2.45, 2.75) is 13.0 Å². The summed E-state index contributed by atoms with van der Waals surface area (Å²) in [5.74, 6) is -0.847. The number of nitrogens with zero attached hydrogens (tertiary/aromatic N) is 2. The largest absolute Gasteiger partial charge is 0.480 e. The molecular formula is C18H23BrN4O3. The summed E-state index contributed by atoms with van der Waals surface area (Å²) in [6.45, 7) is 5.44. The number of hydrogen-bond donors (Lipinski definition) is 3. The highest BCUT2D eigenvalue weighted by molar-refractivity contribution is 9.10. The Bertz CT molecular complexity index is 799. The van der Waals surface area contributed by atoms with Crippen LogP contribution in [0.5, 0.6) is 0 Å². The van der Waals surface area contributed by atoms with Crippen molar-refractivity contribution in [3.05, 3.63) is 34.4 Å². The van der Waals surface area contributed by atoms with E-state index in [-0.39, 0.29) is 5.91 Å². The maximum Gasteiger partial charge on any atom is 0.325 e. The van der Waals surface area contributed by atoms with E-state index in [9.17, 15) is 14.7 Å². The number of carbonyl (C=O) groups excluding carboxylic acids is 1. The number of likely N-dealkylation sites (N-methyl/N-ethyl adjacent to an activating group) is 1. The van der Waals surface area contributed by atoms with Gasteiger partial charge in [0.15, 0.2) is 0 Å². The predicted octanol–water partition coefficient (Wildman–Crippen LogP) is 1.81. The highest BCUT2D eigenvalue weighted by Crippen LogP contribution is 2.31. The number of amides is 1. The molecule has 1 aliphatic heterocycles. The second-order valence-electron chi connectivity index (χ2n) is 6.44. The summed E-state index contributed by atoms with van der Waals surface area (Å²) in [5.41, 5.74) is 1.69. The molecule has 1 aliphatic rings. The van der Waals surface area contributed by atoms with Gasteiger partial charge in [0.25, 0.3) is 0 Å². The van der Waals surface area contributed by atoms with E-state index in [4.69, 9.17) is 0 Å². The lowest BCUT2D eigenvalue weighted by Gasteiger charge is -2.37. The number of rotatable bonds is 6. The Hall–Kier alpha value is -1.90. The molecule has 1 saturated heterocycles. The topological polar surface area (TPSA) is 88.7 Å². The second-order valence-corrected chi connectivity index (χ2v) is 7.36. The van der Waals surface area contributed by atoms with Crippen molar-refractivity contribution >= 4 is 38.7 Å². The minimum Gasteiger partial charge on any atom is -0.480 e. The van der Waals surface area contributed by atoms with E-state index in [0.717, 1.165) is 20.9 Å². The predicted molar refractivity (Wildman–Crippen MR) is 103 cm³/mol. The quantitative estimate of drug-likeness (QED) is 0.660. The van der Waals surface area contributed by atoms with Crippen LogP contribution in [0.3, 0.4) is 0 Å². The number of nitrogens with one attached hydrogen (secondary N) is 2. The fraction of sp³-hybridized carbons (Fsp3) is 0.444. The zero-order valence-electron chi connectivity index (χ0n) is 14.7. The number of hydrogen-bond acceptors (Lipinski definition) is 4. The maximum atomic E-state index is 12.0. The Morgan fingerprint density at radius 1 is 1.31 bits per heavy atom. The van der Waals surface area contributed by atoms with E-state index in [1.54, 1.807) is 6.20 Å². The van der Waals surface area contributed by atoms with E-state index < -0.39 is 12.0 Å². The van der Waals surface area contributed by atoms with Gasteiger partial charge in [-0.05, 0) is 25.1 Å². The molecule has 1 fully saturated rings. The van der Waals surface area contributed by atoms with E-state index >= 15 is 0 Å². The van der Waals surface area contributed by atoms with Gasteiger partial charge in [-0.2, -0.15) is 0 Å². The zero-order valence-corrected chi connectivity index (χ0v) is 16.3. The molecule has 0 radical (unpaired) electrons. The van der Waals surface area contributed by atoms with Crippen molar-refractivity contribution < 1.29 is 14.7 Å². The number of H-pyrrole nitrogens is 1. The fourth-order valence-corrected chi connectivity index (χ4v) is 3.82. The van der Waals surface area contributed by atoms with Crippen LogP contribution in [-0.2, 0) is 9.59 Å². The number of aliphatic carboxylic acids is 1. The van der Waals surface area contributed by atoms with Crippen LogP contribution in [0.2, 0.25) is 0 Å². The molecule has 0 aliphatic carbocycles. The van der Waals surface area contributed by atoms with Crippen LogP contribution in [0.4, 0.5) is 0 Å². The van der Waals surface area contributed by atoms with Gasteiger partial charge in [0.2, 0.25) is 5.91 Å². The summed E-state index contributed by atoms with van der Waals surface area (Å²) < 4.78 is 0.918. The van der Waals surface area contributed by atoms with E-state index in [1.807, 2.05) is 30.0 Å². The first-order chi connectivity index (χ1) is 12.5. The van der Waals surface area contributed by atoms with Crippen LogP contribution in [0.1, 0.15) is 18.5 Å². The lowest BCUT2D eigenvalue weighted by Crippen LogP contribution is -2.51. The monoisotopic (exact) mass is 422 g/mol. The molecule has 8 heteroatoms. The van der Waals surface area contributed by atoms with E-state index in [2.05, 4.69) is 31.1 Å². The SMILES string of the molecule is CCNC(=O)CN1CCN(C(C(=O)O)c2c[nH]c3ccc(Br)cc23)CC1. The average Bonchev–Trinajstić information content (AvgIpc) is 2.99. The van der Waals surface area contributed by atoms with Crippen LogP contribution in [0.25, 0.3) is 10.9 Å². The summed E-state index contributed by atoms with van der Waals surface area (Å²) in [4.78, 5) is 31.0. The summed E-state index contributed by atoms with van der Waals surface area (Å²) >= 11 is 3.46. The Labute approximate surface area is 160 Å². The molecule has 0 bridgehead atoms. The van der Waals surface area contributed by atoms with Crippen molar-refractivity contribution in [2.75, 3.05) is 39.3 Å². The van der Waals surface area contributed by atoms with Gasteiger partial charge in [-0.25, -0.2) is 0 Å². The number of aromatic nitrogens is 1. The van der Waals surface area contributed by atoms with Crippen molar-refractivity contribution in [2.24, 2.45) is 0 Å². The number of carbonyl (C=O) groups is 2. The molecule has 3 N–H and O–H groups in total. The summed E-state index contributed by atoms with van der Waals surface area (Å²) in [6, 6.07) is 5.11. The standard InChI is InChI=1S/C18H23BrN4O3/c1-2-20-16(24)11-22-5-7-23(8-6-22)17(18(25)26)14-10-21-15-4-3-12(19)9-13(14)15/h3-4,9-10,17,21H,2,5-8,11H2,1H3,(H,20,24)(H,25,26). The van der Waals surface area contributed by atoms with Gasteiger partial charge in [-0.3, -0.25) is 19.4 Å². The van der Waals surface area contributed by atoms with Gasteiger partial charge in [0.1, 0.15) is 6.04 Å². The number of halogens is 1. The van der Waals surface area contributed by atoms with Crippen molar-refractivity contribution in [1.29, 1.82) is 0 Å². The number of piperazine rings is 1. The van der Waals surface area contributed by atoms with Crippen LogP contribution in [0.15, 0.2) is 28.9 Å². The van der Waals surface area contributed by atoms with E-state index in [1.165, 1.54) is 0 Å². The normalized spacial score (nSPS) is 17.3. The summed E-state index contributed by atoms with van der Waals surface area (Å²) in [5, 5.41) is 13.6. The van der Waals surface area contributed by atoms with Gasteiger partial charge in [0, 0.05) is 59.9 Å². The molecule has 2 aromatic rings. The number of carboxylic acids is 1. The summed E-state index contributed by atoms with van der Waals surface area (Å²) in [6.07, 6.45) is 1.79. The molecule has 140 valence electrons. The van der Waals surface area contributed by atoms with Crippen LogP contribution >= 0.6 is 15.9 Å². The minimum absolute atomic E-state index is 0.0113. The van der Waals surface area contributed by atoms with Crippen LogP contribution in [0, 0.1) is 0 Å². The number of fused-ring (bicyclic) bond motifs is 1. The Kier molecular flexibility index (Phi) is 5.95. The van der Waals surface area contributed by atoms with Gasteiger partial charge in [-0.1, -0.05) is 15.9 Å². The lowest BCUT2D eigenvalue weighted by molar-refractivity contribution is -0.144. The average molecular weight is 423 g/mol. The van der Waals surface area contributed by atoms with E-state index in [0.29, 0.717) is 39.3 Å². The van der Waals surface area contributed by atoms with Gasteiger partial charge in [0.05, 0.1) is 6.54 Å². The molecular weight excluding hydrogens is 400 g/mol. The number of benzene rings is 1. The summed E-state index contributed by atoms with van der Waals surface area (Å²) in [7, 11) is 0. The lowest BCUT2D eigenvalue weighted by atomic mass is 10.0. The zero-order chi connectivity index (χ0) is 18.7. The molecule has 0 spiro atoms. The maximum absolute atomic E-state index is 12.0. The van der Waals surface area contributed by atoms with Crippen molar-refractivity contribution in [1.82, 2.24) is 20.1 Å². The molecule has 7 nitrogen and oxygen atoms in total. The Morgan fingerprint density at radius 3 is 2.69 bits per heavy atom. The molecule has 1 unspecified atom stereocenters. The highest BCUT2D eigenvalue weighted by Gasteiger charge is 2.32. The third kappa shape index (κ3) is 4.08. The first-order valence-corrected chi connectivity index (χ1v) is 9.51. The molecule has 1 aromatic carbocycles. The van der Waals surface area contributed by atoms with Gasteiger partial charge in [-0.15, -0.1) is 0 Å². The van der Waals surface area contributed by atoms with Gasteiger partial charge >= 0.3 is 5.97 Å². The van der Waals surface area contributed by atoms with Crippen LogP contribution in [-0.4, -0.2) is 71.0 Å². The Morgan fingerprint density at radius 2 is 2.04 bits per heavy atom. The van der Waals surface area contributed by atoms with Gasteiger partial charge < -0.3 is 15.4 Å². The molecule has 3 rings (SSSR count). The number of carboxylic acid groups (broad SMARTS) is 1. The third-order valence-corrected chi connectivity index (χ3v) is 5.21. The molecule has 2 heterocycles. The smallest absolute Gasteiger partial charge is 0.325 e. The fourth-order valence-electron chi connectivity index (χ4n) is 3.46. The second kappa shape index (κ2) is 8.20. The first kappa shape index (κ1) is 18.9. The highest BCUT2D eigenvalue weighted by atomic mass is 79.9. The van der Waals surface area contributed by atoms with Crippen molar-refractivity contribution in [3.8, 4) is 0 Å². The Balaban J connectivity index is 1.74. The molecule has 0 saturated carbocycles. The first-order valence-electron chi connectivity index (χ1n) is 8.72. The van der Waals surface area contributed by atoms with Crippen LogP contribution < -0.4 is 5.32 Å². The minimum atomic E-state index is -0.858. The molecule has 26 heavy (non-hydrogen) atoms. The van der Waals surface area contributed by atoms with Crippen molar-refractivity contribution in [3.63, 3.8) is 0 Å². The number of aromatic amines is 1. The third-order valence-electron chi connectivity index (χ3n) is 4.72. The molecule has 1 amide bonds.